The van der Waals surface area contributed by atoms with E-state index in [2.05, 4.69) is 6.07 Å². The Hall–Kier alpha value is -0.960. The zero-order chi connectivity index (χ0) is 10.8. The van der Waals surface area contributed by atoms with Gasteiger partial charge >= 0.3 is 0 Å². The summed E-state index contributed by atoms with van der Waals surface area (Å²) >= 11 is 1.77. The second-order valence-corrected chi connectivity index (χ2v) is 4.83. The second kappa shape index (κ2) is 4.27. The van der Waals surface area contributed by atoms with Gasteiger partial charge in [-0.2, -0.15) is 0 Å². The fourth-order valence-electron chi connectivity index (χ4n) is 1.77. The number of carbonyl (C=O) groups excluding carboxylic acids is 1. The number of hydrogen-bond donors (Lipinski definition) is 0. The molecule has 1 aromatic carbocycles. The zero-order valence-corrected chi connectivity index (χ0v) is 9.82. The topological polar surface area (TPSA) is 26.3 Å². The molecule has 2 rings (SSSR count). The Kier molecular flexibility index (Phi) is 3.00. The fourth-order valence-corrected chi connectivity index (χ4v) is 2.87. The number of methoxy groups -OCH3 is 1. The Bertz CT molecular complexity index is 399. The molecule has 0 amide bonds. The molecule has 0 unspecified atom stereocenters. The van der Waals surface area contributed by atoms with Crippen LogP contribution >= 0.6 is 11.8 Å². The van der Waals surface area contributed by atoms with Gasteiger partial charge in [0, 0.05) is 16.9 Å². The van der Waals surface area contributed by atoms with E-state index in [0.29, 0.717) is 6.42 Å². The van der Waals surface area contributed by atoms with E-state index >= 15 is 0 Å². The second-order valence-electron chi connectivity index (χ2n) is 3.69. The van der Waals surface area contributed by atoms with Crippen molar-refractivity contribution < 1.29 is 9.53 Å². The predicted octanol–water partition coefficient (Wildman–Crippen LogP) is 3.07. The van der Waals surface area contributed by atoms with Gasteiger partial charge in [-0.3, -0.25) is 4.79 Å². The molecule has 0 atom stereocenters. The average molecular weight is 222 g/mol. The summed E-state index contributed by atoms with van der Waals surface area (Å²) in [6.07, 6.45) is 1.63. The van der Waals surface area contributed by atoms with Gasteiger partial charge in [0.2, 0.25) is 0 Å². The van der Waals surface area contributed by atoms with Crippen LogP contribution in [0.25, 0.3) is 0 Å². The largest absolute Gasteiger partial charge is 0.496 e. The minimum Gasteiger partial charge on any atom is -0.496 e. The Labute approximate surface area is 94.0 Å². The van der Waals surface area contributed by atoms with Crippen molar-refractivity contribution in [2.45, 2.75) is 24.7 Å². The minimum atomic E-state index is 0.244. The SMILES string of the molecule is COc1cc2c(cc1C)SCCCC2=O. The van der Waals surface area contributed by atoms with Gasteiger partial charge in [0.05, 0.1) is 7.11 Å². The number of Topliss-reactive ketones (excluding diaryl/α,β-unsaturated/α-hetero) is 1. The Morgan fingerprint density at radius 1 is 1.40 bits per heavy atom. The summed E-state index contributed by atoms with van der Waals surface area (Å²) in [5, 5.41) is 0. The molecule has 0 aromatic heterocycles. The van der Waals surface area contributed by atoms with Gasteiger partial charge < -0.3 is 4.74 Å². The lowest BCUT2D eigenvalue weighted by Gasteiger charge is -2.09. The molecule has 0 bridgehead atoms. The van der Waals surface area contributed by atoms with E-state index in [-0.39, 0.29) is 5.78 Å². The first-order chi connectivity index (χ1) is 7.22. The summed E-state index contributed by atoms with van der Waals surface area (Å²) in [6.45, 7) is 2.01. The predicted molar refractivity (Wildman–Crippen MR) is 62.0 cm³/mol. The molecule has 1 aliphatic rings. The molecule has 1 aromatic rings. The maximum Gasteiger partial charge on any atom is 0.164 e. The van der Waals surface area contributed by atoms with E-state index in [4.69, 9.17) is 4.74 Å². The third kappa shape index (κ3) is 2.02. The van der Waals surface area contributed by atoms with Gasteiger partial charge in [-0.05, 0) is 36.8 Å². The molecule has 80 valence electrons. The summed E-state index contributed by atoms with van der Waals surface area (Å²) < 4.78 is 5.24. The van der Waals surface area contributed by atoms with E-state index in [9.17, 15) is 4.79 Å². The highest BCUT2D eigenvalue weighted by Crippen LogP contribution is 2.33. The van der Waals surface area contributed by atoms with E-state index in [1.807, 2.05) is 13.0 Å². The molecule has 0 fully saturated rings. The highest BCUT2D eigenvalue weighted by Gasteiger charge is 2.17. The van der Waals surface area contributed by atoms with Crippen molar-refractivity contribution in [1.29, 1.82) is 0 Å². The van der Waals surface area contributed by atoms with E-state index in [1.165, 1.54) is 0 Å². The van der Waals surface area contributed by atoms with Crippen molar-refractivity contribution in [3.8, 4) is 5.75 Å². The fraction of sp³-hybridized carbons (Fsp3) is 0.417. The lowest BCUT2D eigenvalue weighted by molar-refractivity contribution is 0.0980. The molecule has 0 saturated heterocycles. The third-order valence-corrected chi connectivity index (χ3v) is 3.74. The van der Waals surface area contributed by atoms with Crippen LogP contribution in [0.1, 0.15) is 28.8 Å². The molecule has 1 heterocycles. The number of ether oxygens (including phenoxy) is 1. The lowest BCUT2D eigenvalue weighted by atomic mass is 10.0. The summed E-state index contributed by atoms with van der Waals surface area (Å²) in [5.41, 5.74) is 1.93. The smallest absolute Gasteiger partial charge is 0.164 e. The van der Waals surface area contributed by atoms with Crippen LogP contribution in [0.5, 0.6) is 5.75 Å². The van der Waals surface area contributed by atoms with Crippen LogP contribution < -0.4 is 4.74 Å². The van der Waals surface area contributed by atoms with Crippen molar-refractivity contribution in [3.63, 3.8) is 0 Å². The number of ketones is 1. The lowest BCUT2D eigenvalue weighted by Crippen LogP contribution is -2.00. The minimum absolute atomic E-state index is 0.244. The molecular formula is C12H14O2S. The van der Waals surface area contributed by atoms with Crippen LogP contribution in [0.4, 0.5) is 0 Å². The summed E-state index contributed by atoms with van der Waals surface area (Å²) in [4.78, 5) is 12.9. The van der Waals surface area contributed by atoms with Crippen molar-refractivity contribution >= 4 is 17.5 Å². The Morgan fingerprint density at radius 3 is 2.93 bits per heavy atom. The number of benzene rings is 1. The normalized spacial score (nSPS) is 15.7. The summed E-state index contributed by atoms with van der Waals surface area (Å²) in [7, 11) is 1.64. The van der Waals surface area contributed by atoms with Crippen LogP contribution in [0, 0.1) is 6.92 Å². The van der Waals surface area contributed by atoms with Crippen LogP contribution in [-0.2, 0) is 0 Å². The Morgan fingerprint density at radius 2 is 2.20 bits per heavy atom. The first kappa shape index (κ1) is 10.6. The standard InChI is InChI=1S/C12H14O2S/c1-8-6-12-9(7-11(8)14-2)10(13)4-3-5-15-12/h6-7H,3-5H2,1-2H3. The maximum atomic E-state index is 11.8. The molecule has 1 aliphatic heterocycles. The number of carbonyl (C=O) groups is 1. The van der Waals surface area contributed by atoms with Crippen molar-refractivity contribution in [2.24, 2.45) is 0 Å². The van der Waals surface area contributed by atoms with Gasteiger partial charge in [-0.25, -0.2) is 0 Å². The highest BCUT2D eigenvalue weighted by atomic mass is 32.2. The van der Waals surface area contributed by atoms with Gasteiger partial charge in [0.15, 0.2) is 5.78 Å². The molecule has 2 nitrogen and oxygen atoms in total. The summed E-state index contributed by atoms with van der Waals surface area (Å²) in [5.74, 6) is 2.09. The molecule has 0 N–H and O–H groups in total. The van der Waals surface area contributed by atoms with E-state index < -0.39 is 0 Å². The number of hydrogen-bond acceptors (Lipinski definition) is 3. The van der Waals surface area contributed by atoms with Crippen LogP contribution in [0.3, 0.4) is 0 Å². The van der Waals surface area contributed by atoms with Crippen molar-refractivity contribution in [3.05, 3.63) is 23.3 Å². The highest BCUT2D eigenvalue weighted by molar-refractivity contribution is 7.99. The van der Waals surface area contributed by atoms with Gasteiger partial charge in [0.1, 0.15) is 5.75 Å². The van der Waals surface area contributed by atoms with Crippen molar-refractivity contribution in [2.75, 3.05) is 12.9 Å². The van der Waals surface area contributed by atoms with Crippen LogP contribution in [0.15, 0.2) is 17.0 Å². The molecular weight excluding hydrogens is 208 g/mol. The molecule has 3 heteroatoms. The monoisotopic (exact) mass is 222 g/mol. The van der Waals surface area contributed by atoms with Gasteiger partial charge in [0.25, 0.3) is 0 Å². The quantitative estimate of drug-likeness (QED) is 0.730. The molecule has 15 heavy (non-hydrogen) atoms. The number of rotatable bonds is 1. The zero-order valence-electron chi connectivity index (χ0n) is 9.00. The van der Waals surface area contributed by atoms with Crippen LogP contribution in [0.2, 0.25) is 0 Å². The number of fused-ring (bicyclic) bond motifs is 1. The van der Waals surface area contributed by atoms with E-state index in [1.54, 1.807) is 18.9 Å². The average Bonchev–Trinajstić information content (AvgIpc) is 2.40. The first-order valence-corrected chi connectivity index (χ1v) is 6.05. The first-order valence-electron chi connectivity index (χ1n) is 5.07. The number of aryl methyl sites for hydroxylation is 1. The van der Waals surface area contributed by atoms with Gasteiger partial charge in [-0.15, -0.1) is 11.8 Å². The van der Waals surface area contributed by atoms with Gasteiger partial charge in [-0.1, -0.05) is 0 Å². The molecule has 0 spiro atoms. The van der Waals surface area contributed by atoms with Crippen molar-refractivity contribution in [1.82, 2.24) is 0 Å². The third-order valence-electron chi connectivity index (χ3n) is 2.60. The maximum absolute atomic E-state index is 11.8. The Balaban J connectivity index is 2.52. The number of thioether (sulfide) groups is 1. The summed E-state index contributed by atoms with van der Waals surface area (Å²) in [6, 6.07) is 3.94. The molecule has 0 aliphatic carbocycles. The van der Waals surface area contributed by atoms with E-state index in [0.717, 1.165) is 33.9 Å². The van der Waals surface area contributed by atoms with Crippen LogP contribution in [-0.4, -0.2) is 18.6 Å². The molecule has 0 radical (unpaired) electrons. The molecule has 0 saturated carbocycles.